The highest BCUT2D eigenvalue weighted by atomic mass is 16.5. The molecule has 0 amide bonds. The summed E-state index contributed by atoms with van der Waals surface area (Å²) >= 11 is 0. The molecule has 6 heteroatoms. The van der Waals surface area contributed by atoms with E-state index in [0.29, 0.717) is 12.2 Å². The molecule has 0 aliphatic rings. The Kier molecular flexibility index (Phi) is 3.50. The topological polar surface area (TPSA) is 83.0 Å². The Balaban J connectivity index is 2.62. The standard InChI is InChI=1S/C13H16N4O2/c1-4-10-16-11(13(18)19-3)12(14)17(10)9-5-8(2)6-15-7-9/h5-7H,4,14H2,1-3H3. The van der Waals surface area contributed by atoms with Crippen LogP contribution < -0.4 is 5.73 Å². The van der Waals surface area contributed by atoms with Gasteiger partial charge in [0, 0.05) is 12.6 Å². The second-order valence-electron chi connectivity index (χ2n) is 4.16. The minimum absolute atomic E-state index is 0.140. The maximum absolute atomic E-state index is 11.6. The predicted molar refractivity (Wildman–Crippen MR) is 71.2 cm³/mol. The van der Waals surface area contributed by atoms with E-state index in [1.165, 1.54) is 7.11 Å². The fourth-order valence-corrected chi connectivity index (χ4v) is 1.91. The first kappa shape index (κ1) is 13.1. The molecule has 19 heavy (non-hydrogen) atoms. The maximum atomic E-state index is 11.6. The SMILES string of the molecule is CCc1nc(C(=O)OC)c(N)n1-c1cncc(C)c1. The molecule has 2 heterocycles. The number of esters is 1. The van der Waals surface area contributed by atoms with Crippen LogP contribution in [0.3, 0.4) is 0 Å². The molecular weight excluding hydrogens is 244 g/mol. The van der Waals surface area contributed by atoms with Crippen LogP contribution in [-0.2, 0) is 11.2 Å². The van der Waals surface area contributed by atoms with Gasteiger partial charge < -0.3 is 10.5 Å². The molecule has 2 aromatic rings. The summed E-state index contributed by atoms with van der Waals surface area (Å²) in [5.41, 5.74) is 7.95. The van der Waals surface area contributed by atoms with E-state index in [0.717, 1.165) is 11.3 Å². The second kappa shape index (κ2) is 5.09. The lowest BCUT2D eigenvalue weighted by Crippen LogP contribution is -2.08. The van der Waals surface area contributed by atoms with Gasteiger partial charge in [0.15, 0.2) is 5.69 Å². The first-order chi connectivity index (χ1) is 9.08. The van der Waals surface area contributed by atoms with E-state index in [9.17, 15) is 4.79 Å². The summed E-state index contributed by atoms with van der Waals surface area (Å²) in [6.07, 6.45) is 4.09. The number of hydrogen-bond acceptors (Lipinski definition) is 5. The third-order valence-corrected chi connectivity index (χ3v) is 2.80. The summed E-state index contributed by atoms with van der Waals surface area (Å²) in [5, 5.41) is 0. The maximum Gasteiger partial charge on any atom is 0.360 e. The highest BCUT2D eigenvalue weighted by Crippen LogP contribution is 2.22. The van der Waals surface area contributed by atoms with E-state index in [-0.39, 0.29) is 11.5 Å². The molecule has 0 radical (unpaired) electrons. The van der Waals surface area contributed by atoms with Crippen LogP contribution in [-0.4, -0.2) is 27.6 Å². The number of carbonyl (C=O) groups is 1. The van der Waals surface area contributed by atoms with Gasteiger partial charge in [0.05, 0.1) is 19.0 Å². The summed E-state index contributed by atoms with van der Waals surface area (Å²) in [5.74, 6) is 0.438. The second-order valence-corrected chi connectivity index (χ2v) is 4.16. The Bertz CT molecular complexity index is 619. The number of nitrogens with zero attached hydrogens (tertiary/aromatic N) is 3. The molecule has 0 saturated heterocycles. The molecule has 2 rings (SSSR count). The van der Waals surface area contributed by atoms with Gasteiger partial charge >= 0.3 is 5.97 Å². The van der Waals surface area contributed by atoms with Crippen molar-refractivity contribution in [2.45, 2.75) is 20.3 Å². The minimum Gasteiger partial charge on any atom is -0.464 e. The Labute approximate surface area is 111 Å². The lowest BCUT2D eigenvalue weighted by Gasteiger charge is -2.08. The number of methoxy groups -OCH3 is 1. The number of rotatable bonds is 3. The van der Waals surface area contributed by atoms with Crippen molar-refractivity contribution in [1.29, 1.82) is 0 Å². The molecule has 2 N–H and O–H groups in total. The Hall–Kier alpha value is -2.37. The van der Waals surface area contributed by atoms with Gasteiger partial charge in [-0.05, 0) is 18.6 Å². The van der Waals surface area contributed by atoms with Gasteiger partial charge in [0.25, 0.3) is 0 Å². The minimum atomic E-state index is -0.536. The van der Waals surface area contributed by atoms with Crippen LogP contribution in [0.2, 0.25) is 0 Å². The molecule has 0 aliphatic carbocycles. The lowest BCUT2D eigenvalue weighted by atomic mass is 10.3. The monoisotopic (exact) mass is 260 g/mol. The molecule has 0 unspecified atom stereocenters. The van der Waals surface area contributed by atoms with Crippen molar-refractivity contribution in [1.82, 2.24) is 14.5 Å². The van der Waals surface area contributed by atoms with Gasteiger partial charge in [-0.1, -0.05) is 6.92 Å². The molecule has 100 valence electrons. The summed E-state index contributed by atoms with van der Waals surface area (Å²) in [6, 6.07) is 1.94. The van der Waals surface area contributed by atoms with E-state index in [2.05, 4.69) is 14.7 Å². The number of aryl methyl sites for hydroxylation is 2. The highest BCUT2D eigenvalue weighted by Gasteiger charge is 2.21. The summed E-state index contributed by atoms with van der Waals surface area (Å²) in [7, 11) is 1.31. The largest absolute Gasteiger partial charge is 0.464 e. The lowest BCUT2D eigenvalue weighted by molar-refractivity contribution is 0.0596. The van der Waals surface area contributed by atoms with E-state index >= 15 is 0 Å². The van der Waals surface area contributed by atoms with Crippen LogP contribution in [0.15, 0.2) is 18.5 Å². The number of pyridine rings is 1. The van der Waals surface area contributed by atoms with Gasteiger partial charge in [-0.25, -0.2) is 9.78 Å². The predicted octanol–water partition coefficient (Wildman–Crippen LogP) is 1.51. The van der Waals surface area contributed by atoms with Crippen molar-refractivity contribution in [3.63, 3.8) is 0 Å². The summed E-state index contributed by atoms with van der Waals surface area (Å²) in [6.45, 7) is 3.89. The number of ether oxygens (including phenoxy) is 1. The molecule has 2 aromatic heterocycles. The quantitative estimate of drug-likeness (QED) is 0.846. The Morgan fingerprint density at radius 3 is 2.79 bits per heavy atom. The molecule has 0 saturated carbocycles. The molecule has 0 atom stereocenters. The molecule has 0 bridgehead atoms. The van der Waals surface area contributed by atoms with E-state index in [1.54, 1.807) is 17.0 Å². The fraction of sp³-hybridized carbons (Fsp3) is 0.308. The molecule has 0 aromatic carbocycles. The average molecular weight is 260 g/mol. The third-order valence-electron chi connectivity index (χ3n) is 2.80. The molecule has 0 fully saturated rings. The fourth-order valence-electron chi connectivity index (χ4n) is 1.91. The van der Waals surface area contributed by atoms with Crippen molar-refractivity contribution >= 4 is 11.8 Å². The zero-order chi connectivity index (χ0) is 14.0. The number of nitrogen functional groups attached to an aromatic ring is 1. The van der Waals surface area contributed by atoms with E-state index < -0.39 is 5.97 Å². The van der Waals surface area contributed by atoms with Gasteiger partial charge in [-0.2, -0.15) is 0 Å². The smallest absolute Gasteiger partial charge is 0.360 e. The number of imidazole rings is 1. The summed E-state index contributed by atoms with van der Waals surface area (Å²) < 4.78 is 6.41. The number of hydrogen-bond donors (Lipinski definition) is 1. The zero-order valence-corrected chi connectivity index (χ0v) is 11.2. The third kappa shape index (κ3) is 2.29. The van der Waals surface area contributed by atoms with Crippen molar-refractivity contribution in [2.75, 3.05) is 12.8 Å². The highest BCUT2D eigenvalue weighted by molar-refractivity contribution is 5.92. The van der Waals surface area contributed by atoms with Crippen molar-refractivity contribution in [2.24, 2.45) is 0 Å². The molecular formula is C13H16N4O2. The van der Waals surface area contributed by atoms with Crippen molar-refractivity contribution < 1.29 is 9.53 Å². The van der Waals surface area contributed by atoms with E-state index in [4.69, 9.17) is 5.73 Å². The van der Waals surface area contributed by atoms with Crippen LogP contribution in [0.4, 0.5) is 5.82 Å². The van der Waals surface area contributed by atoms with Gasteiger partial charge in [-0.3, -0.25) is 9.55 Å². The molecule has 0 spiro atoms. The van der Waals surface area contributed by atoms with Gasteiger partial charge in [0.1, 0.15) is 11.6 Å². The number of anilines is 1. The van der Waals surface area contributed by atoms with Gasteiger partial charge in [0.2, 0.25) is 0 Å². The molecule has 6 nitrogen and oxygen atoms in total. The normalized spacial score (nSPS) is 10.5. The molecule has 0 aliphatic heterocycles. The Morgan fingerprint density at radius 2 is 2.21 bits per heavy atom. The van der Waals surface area contributed by atoms with E-state index in [1.807, 2.05) is 19.9 Å². The van der Waals surface area contributed by atoms with Crippen LogP contribution in [0.25, 0.3) is 5.69 Å². The van der Waals surface area contributed by atoms with Crippen LogP contribution in [0, 0.1) is 6.92 Å². The Morgan fingerprint density at radius 1 is 1.47 bits per heavy atom. The summed E-state index contributed by atoms with van der Waals surface area (Å²) in [4.78, 5) is 20.0. The number of nitrogens with two attached hydrogens (primary N) is 1. The zero-order valence-electron chi connectivity index (χ0n) is 11.2. The van der Waals surface area contributed by atoms with Crippen molar-refractivity contribution in [3.05, 3.63) is 35.5 Å². The van der Waals surface area contributed by atoms with Crippen LogP contribution >= 0.6 is 0 Å². The van der Waals surface area contributed by atoms with Crippen LogP contribution in [0.1, 0.15) is 28.8 Å². The average Bonchev–Trinajstić information content (AvgIpc) is 2.74. The first-order valence-corrected chi connectivity index (χ1v) is 5.95. The van der Waals surface area contributed by atoms with Crippen molar-refractivity contribution in [3.8, 4) is 5.69 Å². The van der Waals surface area contributed by atoms with Crippen LogP contribution in [0.5, 0.6) is 0 Å². The number of aromatic nitrogens is 3. The first-order valence-electron chi connectivity index (χ1n) is 5.95. The van der Waals surface area contributed by atoms with Gasteiger partial charge in [-0.15, -0.1) is 0 Å². The number of carbonyl (C=O) groups excluding carboxylic acids is 1.